The van der Waals surface area contributed by atoms with Gasteiger partial charge in [-0.1, -0.05) is 24.3 Å². The highest BCUT2D eigenvalue weighted by molar-refractivity contribution is 6.07. The van der Waals surface area contributed by atoms with Crippen molar-refractivity contribution in [2.75, 3.05) is 51.7 Å². The SMILES string of the molecule is CN1CCN(C(=O)NCCOC(=O)Nc2ccc(C(=O)C=Cc3ccc4ccccc4n3)cc2)CC1. The molecule has 0 atom stereocenters. The van der Waals surface area contributed by atoms with Crippen LogP contribution in [0, 0.1) is 0 Å². The molecule has 1 aliphatic rings. The van der Waals surface area contributed by atoms with Gasteiger partial charge in [-0.3, -0.25) is 10.1 Å². The van der Waals surface area contributed by atoms with Gasteiger partial charge in [0.05, 0.1) is 17.8 Å². The number of anilines is 1. The van der Waals surface area contributed by atoms with E-state index in [1.807, 2.05) is 43.4 Å². The first kappa shape index (κ1) is 24.9. The Labute approximate surface area is 209 Å². The summed E-state index contributed by atoms with van der Waals surface area (Å²) in [6.45, 7) is 3.32. The van der Waals surface area contributed by atoms with E-state index in [1.165, 1.54) is 6.08 Å². The van der Waals surface area contributed by atoms with Gasteiger partial charge in [0.1, 0.15) is 6.61 Å². The summed E-state index contributed by atoms with van der Waals surface area (Å²) in [4.78, 5) is 45.1. The number of ketones is 1. The maximum absolute atomic E-state index is 12.5. The fraction of sp³-hybridized carbons (Fsp3) is 0.259. The number of carbonyl (C=O) groups excluding carboxylic acids is 3. The van der Waals surface area contributed by atoms with E-state index in [-0.39, 0.29) is 25.0 Å². The number of fused-ring (bicyclic) bond motifs is 1. The van der Waals surface area contributed by atoms with Crippen molar-refractivity contribution < 1.29 is 19.1 Å². The lowest BCUT2D eigenvalue weighted by molar-refractivity contribution is 0.104. The predicted octanol–water partition coefficient (Wildman–Crippen LogP) is 3.64. The van der Waals surface area contributed by atoms with Crippen molar-refractivity contribution in [2.24, 2.45) is 0 Å². The lowest BCUT2D eigenvalue weighted by Crippen LogP contribution is -2.51. The van der Waals surface area contributed by atoms with Gasteiger partial charge >= 0.3 is 12.1 Å². The summed E-state index contributed by atoms with van der Waals surface area (Å²) < 4.78 is 5.12. The number of aromatic nitrogens is 1. The number of urea groups is 1. The highest BCUT2D eigenvalue weighted by Gasteiger charge is 2.18. The second-order valence-corrected chi connectivity index (χ2v) is 8.49. The quantitative estimate of drug-likeness (QED) is 0.300. The maximum atomic E-state index is 12.5. The number of hydrogen-bond acceptors (Lipinski definition) is 6. The Hall–Kier alpha value is -4.24. The average molecular weight is 488 g/mol. The zero-order valence-corrected chi connectivity index (χ0v) is 20.1. The van der Waals surface area contributed by atoms with Crippen molar-refractivity contribution in [3.63, 3.8) is 0 Å². The number of nitrogens with one attached hydrogen (secondary N) is 2. The molecule has 36 heavy (non-hydrogen) atoms. The predicted molar refractivity (Wildman–Crippen MR) is 139 cm³/mol. The van der Waals surface area contributed by atoms with Crippen LogP contribution in [0.15, 0.2) is 66.7 Å². The number of pyridine rings is 1. The van der Waals surface area contributed by atoms with E-state index in [0.717, 1.165) is 24.0 Å². The van der Waals surface area contributed by atoms with Crippen LogP contribution >= 0.6 is 0 Å². The van der Waals surface area contributed by atoms with Crippen molar-refractivity contribution in [2.45, 2.75) is 0 Å². The van der Waals surface area contributed by atoms with Gasteiger partial charge in [-0.2, -0.15) is 0 Å². The Morgan fingerprint density at radius 1 is 0.972 bits per heavy atom. The molecule has 0 spiro atoms. The first-order valence-electron chi connectivity index (χ1n) is 11.8. The summed E-state index contributed by atoms with van der Waals surface area (Å²) in [6.07, 6.45) is 2.52. The summed E-state index contributed by atoms with van der Waals surface area (Å²) >= 11 is 0. The minimum Gasteiger partial charge on any atom is -0.447 e. The van der Waals surface area contributed by atoms with E-state index >= 15 is 0 Å². The molecule has 2 heterocycles. The second kappa shape index (κ2) is 11.9. The maximum Gasteiger partial charge on any atom is 0.411 e. The summed E-state index contributed by atoms with van der Waals surface area (Å²) in [5.41, 5.74) is 2.55. The molecule has 9 nitrogen and oxygen atoms in total. The molecule has 9 heteroatoms. The lowest BCUT2D eigenvalue weighted by Gasteiger charge is -2.32. The molecule has 1 saturated heterocycles. The van der Waals surface area contributed by atoms with Gasteiger partial charge in [0.15, 0.2) is 5.78 Å². The summed E-state index contributed by atoms with van der Waals surface area (Å²) in [7, 11) is 2.02. The minimum atomic E-state index is -0.634. The highest BCUT2D eigenvalue weighted by atomic mass is 16.5. The lowest BCUT2D eigenvalue weighted by atomic mass is 10.1. The second-order valence-electron chi connectivity index (χ2n) is 8.49. The number of amides is 3. The molecule has 0 radical (unpaired) electrons. The minimum absolute atomic E-state index is 0.0511. The number of likely N-dealkylation sites (N-methyl/N-ethyl adjacent to an activating group) is 1. The molecule has 1 fully saturated rings. The van der Waals surface area contributed by atoms with Gasteiger partial charge in [-0.25, -0.2) is 14.6 Å². The molecular formula is C27H29N5O4. The zero-order valence-electron chi connectivity index (χ0n) is 20.1. The third kappa shape index (κ3) is 6.89. The van der Waals surface area contributed by atoms with Gasteiger partial charge < -0.3 is 19.9 Å². The topological polar surface area (TPSA) is 104 Å². The van der Waals surface area contributed by atoms with Gasteiger partial charge in [0.25, 0.3) is 0 Å². The smallest absolute Gasteiger partial charge is 0.411 e. The van der Waals surface area contributed by atoms with Crippen LogP contribution in [0.1, 0.15) is 16.1 Å². The largest absolute Gasteiger partial charge is 0.447 e. The molecule has 0 aliphatic carbocycles. The van der Waals surface area contributed by atoms with E-state index < -0.39 is 6.09 Å². The Balaban J connectivity index is 1.19. The van der Waals surface area contributed by atoms with Gasteiger partial charge in [0.2, 0.25) is 0 Å². The van der Waals surface area contributed by atoms with Crippen molar-refractivity contribution >= 4 is 40.6 Å². The van der Waals surface area contributed by atoms with Crippen molar-refractivity contribution in [3.05, 3.63) is 78.0 Å². The molecule has 1 aliphatic heterocycles. The number of hydrogen-bond donors (Lipinski definition) is 2. The van der Waals surface area contributed by atoms with Gasteiger partial charge in [0, 0.05) is 42.8 Å². The fourth-order valence-corrected chi connectivity index (χ4v) is 3.73. The molecule has 0 bridgehead atoms. The fourth-order valence-electron chi connectivity index (χ4n) is 3.73. The highest BCUT2D eigenvalue weighted by Crippen LogP contribution is 2.14. The van der Waals surface area contributed by atoms with E-state index in [2.05, 4.69) is 20.5 Å². The number of ether oxygens (including phenoxy) is 1. The van der Waals surface area contributed by atoms with Crippen LogP contribution in [-0.2, 0) is 4.74 Å². The summed E-state index contributed by atoms with van der Waals surface area (Å²) in [5, 5.41) is 6.40. The van der Waals surface area contributed by atoms with E-state index in [1.54, 1.807) is 35.2 Å². The Morgan fingerprint density at radius 2 is 1.72 bits per heavy atom. The molecule has 3 amide bonds. The monoisotopic (exact) mass is 487 g/mol. The van der Waals surface area contributed by atoms with Crippen LogP contribution in [0.2, 0.25) is 0 Å². The number of para-hydroxylation sites is 1. The van der Waals surface area contributed by atoms with Crippen LogP contribution in [0.3, 0.4) is 0 Å². The molecule has 2 N–H and O–H groups in total. The van der Waals surface area contributed by atoms with Crippen LogP contribution < -0.4 is 10.6 Å². The third-order valence-corrected chi connectivity index (χ3v) is 5.84. The van der Waals surface area contributed by atoms with E-state index in [4.69, 9.17) is 4.74 Å². The molecule has 2 aromatic carbocycles. The molecular weight excluding hydrogens is 458 g/mol. The standard InChI is InChI=1S/C27H29N5O4/c1-31-15-17-32(18-16-31)26(34)28-14-19-36-27(35)30-23-10-7-21(8-11-23)25(33)13-12-22-9-6-20-4-2-3-5-24(20)29-22/h2-13H,14-19H2,1H3,(H,28,34)(H,30,35). The number of piperazine rings is 1. The van der Waals surface area contributed by atoms with Crippen molar-refractivity contribution in [1.29, 1.82) is 0 Å². The molecule has 0 saturated carbocycles. The number of benzene rings is 2. The Kier molecular flexibility index (Phi) is 8.25. The van der Waals surface area contributed by atoms with Crippen LogP contribution in [0.5, 0.6) is 0 Å². The number of allylic oxidation sites excluding steroid dienone is 1. The van der Waals surface area contributed by atoms with Crippen LogP contribution in [0.4, 0.5) is 15.3 Å². The molecule has 1 aromatic heterocycles. The van der Waals surface area contributed by atoms with Crippen molar-refractivity contribution in [1.82, 2.24) is 20.1 Å². The average Bonchev–Trinajstić information content (AvgIpc) is 2.90. The molecule has 3 aromatic rings. The number of carbonyl (C=O) groups is 3. The van der Waals surface area contributed by atoms with Gasteiger partial charge in [-0.15, -0.1) is 0 Å². The van der Waals surface area contributed by atoms with Crippen LogP contribution in [-0.4, -0.2) is 79.1 Å². The normalized spacial score (nSPS) is 14.1. The Morgan fingerprint density at radius 3 is 2.50 bits per heavy atom. The zero-order chi connectivity index (χ0) is 25.3. The number of nitrogens with zero attached hydrogens (tertiary/aromatic N) is 3. The molecule has 0 unspecified atom stereocenters. The third-order valence-electron chi connectivity index (χ3n) is 5.84. The van der Waals surface area contributed by atoms with Gasteiger partial charge in [-0.05, 0) is 55.6 Å². The first-order valence-corrected chi connectivity index (χ1v) is 11.8. The molecule has 186 valence electrons. The number of rotatable bonds is 7. The summed E-state index contributed by atoms with van der Waals surface area (Å²) in [5.74, 6) is -0.171. The summed E-state index contributed by atoms with van der Waals surface area (Å²) in [6, 6.07) is 18.0. The van der Waals surface area contributed by atoms with Crippen LogP contribution in [0.25, 0.3) is 17.0 Å². The first-order chi connectivity index (χ1) is 17.5. The van der Waals surface area contributed by atoms with E-state index in [0.29, 0.717) is 30.0 Å². The Bertz CT molecular complexity index is 1250. The van der Waals surface area contributed by atoms with Crippen molar-refractivity contribution in [3.8, 4) is 0 Å². The molecule has 4 rings (SSSR count). The van der Waals surface area contributed by atoms with E-state index in [9.17, 15) is 14.4 Å².